The Kier molecular flexibility index (Phi) is 7.69. The molecule has 6 nitrogen and oxygen atoms in total. The Bertz CT molecular complexity index is 990. The first-order chi connectivity index (χ1) is 15.8. The second-order valence-corrected chi connectivity index (χ2v) is 7.94. The number of benzene rings is 1. The molecule has 6 heteroatoms. The number of aryl methyl sites for hydroxylation is 1. The molecule has 166 valence electrons. The zero-order valence-corrected chi connectivity index (χ0v) is 18.3. The summed E-state index contributed by atoms with van der Waals surface area (Å²) in [5.41, 5.74) is 2.74. The number of hydrogen-bond donors (Lipinski definition) is 0. The van der Waals surface area contributed by atoms with Crippen LogP contribution in [0.25, 0.3) is 0 Å². The highest BCUT2D eigenvalue weighted by Gasteiger charge is 2.16. The lowest BCUT2D eigenvalue weighted by Crippen LogP contribution is -2.35. The molecule has 1 fully saturated rings. The first kappa shape index (κ1) is 21.8. The van der Waals surface area contributed by atoms with Crippen molar-refractivity contribution in [3.63, 3.8) is 0 Å². The molecule has 1 aromatic carbocycles. The molecule has 0 bridgehead atoms. The molecule has 1 saturated heterocycles. The Morgan fingerprint density at radius 2 is 1.47 bits per heavy atom. The third-order valence-corrected chi connectivity index (χ3v) is 5.55. The summed E-state index contributed by atoms with van der Waals surface area (Å²) < 4.78 is 12.1. The summed E-state index contributed by atoms with van der Waals surface area (Å²) >= 11 is 0. The van der Waals surface area contributed by atoms with Gasteiger partial charge in [-0.25, -0.2) is 0 Å². The summed E-state index contributed by atoms with van der Waals surface area (Å²) in [7, 11) is 0. The molecule has 32 heavy (non-hydrogen) atoms. The van der Waals surface area contributed by atoms with Crippen molar-refractivity contribution in [1.82, 2.24) is 14.9 Å². The van der Waals surface area contributed by atoms with Gasteiger partial charge in [-0.15, -0.1) is 0 Å². The van der Waals surface area contributed by atoms with Crippen LogP contribution in [0.3, 0.4) is 0 Å². The van der Waals surface area contributed by atoms with Gasteiger partial charge in [-0.05, 0) is 67.6 Å². The number of piperidine rings is 1. The van der Waals surface area contributed by atoms with Crippen molar-refractivity contribution in [3.8, 4) is 11.5 Å². The lowest BCUT2D eigenvalue weighted by molar-refractivity contribution is -0.132. The first-order valence-electron chi connectivity index (χ1n) is 11.2. The largest absolute Gasteiger partial charge is 0.483 e. The van der Waals surface area contributed by atoms with E-state index >= 15 is 0 Å². The molecule has 1 aliphatic rings. The van der Waals surface area contributed by atoms with Crippen LogP contribution >= 0.6 is 0 Å². The highest BCUT2D eigenvalue weighted by Crippen LogP contribution is 2.30. The Morgan fingerprint density at radius 3 is 2.09 bits per heavy atom. The fraction of sp³-hybridized carbons (Fsp3) is 0.346. The van der Waals surface area contributed by atoms with E-state index in [9.17, 15) is 4.79 Å². The molecule has 0 saturated carbocycles. The monoisotopic (exact) mass is 431 g/mol. The Hall–Kier alpha value is -3.41. The van der Waals surface area contributed by atoms with E-state index in [1.165, 1.54) is 6.42 Å². The van der Waals surface area contributed by atoms with Gasteiger partial charge in [0.15, 0.2) is 11.5 Å². The molecular formula is C26H29N3O3. The van der Waals surface area contributed by atoms with Crippen molar-refractivity contribution in [2.45, 2.75) is 45.3 Å². The third kappa shape index (κ3) is 6.30. The second kappa shape index (κ2) is 11.3. The van der Waals surface area contributed by atoms with Crippen molar-refractivity contribution in [2.24, 2.45) is 0 Å². The summed E-state index contributed by atoms with van der Waals surface area (Å²) in [6.07, 6.45) is 8.13. The van der Waals surface area contributed by atoms with E-state index in [4.69, 9.17) is 9.47 Å². The molecule has 3 aromatic rings. The molecule has 1 aliphatic heterocycles. The van der Waals surface area contributed by atoms with Gasteiger partial charge in [-0.1, -0.05) is 18.2 Å². The van der Waals surface area contributed by atoms with E-state index in [1.807, 2.05) is 59.5 Å². The molecule has 0 spiro atoms. The summed E-state index contributed by atoms with van der Waals surface area (Å²) in [4.78, 5) is 23.2. The van der Waals surface area contributed by atoms with E-state index in [0.717, 1.165) is 42.9 Å². The molecule has 0 unspecified atom stereocenters. The van der Waals surface area contributed by atoms with Gasteiger partial charge >= 0.3 is 0 Å². The minimum atomic E-state index is 0.233. The van der Waals surface area contributed by atoms with Crippen LogP contribution in [0.5, 0.6) is 11.5 Å². The number of likely N-dealkylation sites (tertiary alicyclic amines) is 1. The zero-order valence-electron chi connectivity index (χ0n) is 18.3. The van der Waals surface area contributed by atoms with Gasteiger partial charge < -0.3 is 14.4 Å². The van der Waals surface area contributed by atoms with Crippen LogP contribution in [0.2, 0.25) is 0 Å². The van der Waals surface area contributed by atoms with Gasteiger partial charge in [0.05, 0.1) is 11.4 Å². The predicted molar refractivity (Wildman–Crippen MR) is 122 cm³/mol. The number of carbonyl (C=O) groups excluding carboxylic acids is 1. The lowest BCUT2D eigenvalue weighted by Gasteiger charge is -2.26. The van der Waals surface area contributed by atoms with E-state index < -0.39 is 0 Å². The molecule has 0 aliphatic carbocycles. The lowest BCUT2D eigenvalue weighted by atomic mass is 10.1. The number of nitrogens with zero attached hydrogens (tertiary/aromatic N) is 3. The van der Waals surface area contributed by atoms with Crippen LogP contribution in [-0.2, 0) is 24.4 Å². The van der Waals surface area contributed by atoms with Gasteiger partial charge in [0, 0.05) is 31.9 Å². The van der Waals surface area contributed by atoms with Crippen LogP contribution in [0.1, 0.15) is 42.6 Å². The zero-order chi connectivity index (χ0) is 22.0. The Balaban J connectivity index is 1.43. The average molecular weight is 432 g/mol. The first-order valence-corrected chi connectivity index (χ1v) is 11.2. The number of hydrogen-bond acceptors (Lipinski definition) is 5. The van der Waals surface area contributed by atoms with Crippen molar-refractivity contribution in [3.05, 3.63) is 83.9 Å². The molecule has 1 amide bonds. The molecular weight excluding hydrogens is 402 g/mol. The molecule has 0 N–H and O–H groups in total. The molecule has 3 heterocycles. The van der Waals surface area contributed by atoms with Gasteiger partial charge in [-0.2, -0.15) is 0 Å². The van der Waals surface area contributed by atoms with Crippen molar-refractivity contribution in [1.29, 1.82) is 0 Å². The standard InChI is InChI=1S/C26H29N3O3/c30-26(29-16-6-1-7-17-29)13-11-21-10-12-24(31-19-22-8-2-4-14-27-22)25(18-21)32-20-23-9-3-5-15-28-23/h2-5,8-10,12,14-15,18H,1,6-7,11,13,16-17,19-20H2. The second-order valence-electron chi connectivity index (χ2n) is 7.94. The Morgan fingerprint density at radius 1 is 0.812 bits per heavy atom. The van der Waals surface area contributed by atoms with E-state index in [2.05, 4.69) is 9.97 Å². The maximum absolute atomic E-state index is 12.5. The Labute approximate surface area is 189 Å². The predicted octanol–water partition coefficient (Wildman–Crippen LogP) is 4.58. The maximum Gasteiger partial charge on any atom is 0.222 e. The van der Waals surface area contributed by atoms with Gasteiger partial charge in [-0.3, -0.25) is 14.8 Å². The number of ether oxygens (including phenoxy) is 2. The summed E-state index contributed by atoms with van der Waals surface area (Å²) in [5.74, 6) is 1.53. The number of rotatable bonds is 9. The summed E-state index contributed by atoms with van der Waals surface area (Å²) in [6.45, 7) is 2.47. The molecule has 0 radical (unpaired) electrons. The third-order valence-electron chi connectivity index (χ3n) is 5.55. The van der Waals surface area contributed by atoms with Crippen molar-refractivity contribution >= 4 is 5.91 Å². The normalized spacial score (nSPS) is 13.6. The summed E-state index contributed by atoms with van der Waals surface area (Å²) in [5, 5.41) is 0. The van der Waals surface area contributed by atoms with Crippen LogP contribution in [0.4, 0.5) is 0 Å². The molecule has 2 aromatic heterocycles. The van der Waals surface area contributed by atoms with Crippen LogP contribution in [0, 0.1) is 0 Å². The highest BCUT2D eigenvalue weighted by atomic mass is 16.5. The number of amides is 1. The number of carbonyl (C=O) groups is 1. The van der Waals surface area contributed by atoms with Crippen LogP contribution < -0.4 is 9.47 Å². The van der Waals surface area contributed by atoms with Gasteiger partial charge in [0.2, 0.25) is 5.91 Å². The number of aromatic nitrogens is 2. The van der Waals surface area contributed by atoms with E-state index in [1.54, 1.807) is 12.4 Å². The van der Waals surface area contributed by atoms with Crippen molar-refractivity contribution in [2.75, 3.05) is 13.1 Å². The van der Waals surface area contributed by atoms with Crippen LogP contribution in [-0.4, -0.2) is 33.9 Å². The van der Waals surface area contributed by atoms with Gasteiger partial charge in [0.25, 0.3) is 0 Å². The minimum absolute atomic E-state index is 0.233. The highest BCUT2D eigenvalue weighted by molar-refractivity contribution is 5.76. The average Bonchev–Trinajstić information content (AvgIpc) is 2.87. The number of pyridine rings is 2. The fourth-order valence-corrected chi connectivity index (χ4v) is 3.76. The quantitative estimate of drug-likeness (QED) is 0.496. The fourth-order valence-electron chi connectivity index (χ4n) is 3.76. The van der Waals surface area contributed by atoms with Crippen LogP contribution in [0.15, 0.2) is 67.0 Å². The molecule has 4 rings (SSSR count). The smallest absolute Gasteiger partial charge is 0.222 e. The minimum Gasteiger partial charge on any atom is -0.483 e. The van der Waals surface area contributed by atoms with Gasteiger partial charge in [0.1, 0.15) is 13.2 Å². The SMILES string of the molecule is O=C(CCc1ccc(OCc2ccccn2)c(OCc2ccccn2)c1)N1CCCCC1. The maximum atomic E-state index is 12.5. The van der Waals surface area contributed by atoms with Crippen molar-refractivity contribution < 1.29 is 14.3 Å². The van der Waals surface area contributed by atoms with E-state index in [0.29, 0.717) is 37.6 Å². The topological polar surface area (TPSA) is 64.5 Å². The molecule has 0 atom stereocenters. The van der Waals surface area contributed by atoms with E-state index in [-0.39, 0.29) is 5.91 Å². The summed E-state index contributed by atoms with van der Waals surface area (Å²) in [6, 6.07) is 17.4.